The summed E-state index contributed by atoms with van der Waals surface area (Å²) >= 11 is 6.12. The van der Waals surface area contributed by atoms with Crippen molar-refractivity contribution in [3.05, 3.63) is 76.8 Å². The molecular formula is C23H20ClN5O. The number of rotatable bonds is 3. The van der Waals surface area contributed by atoms with Crippen LogP contribution in [0, 0.1) is 6.92 Å². The smallest absolute Gasteiger partial charge is 0.254 e. The van der Waals surface area contributed by atoms with Crippen molar-refractivity contribution in [2.24, 2.45) is 0 Å². The maximum atomic E-state index is 13.3. The summed E-state index contributed by atoms with van der Waals surface area (Å²) in [7, 11) is 0. The number of aromatic nitrogens is 4. The summed E-state index contributed by atoms with van der Waals surface area (Å²) in [4.78, 5) is 32.0. The molecule has 0 bridgehead atoms. The van der Waals surface area contributed by atoms with Crippen LogP contribution in [0.1, 0.15) is 40.8 Å². The standard InChI is InChI=1S/C23H20ClN5O/c1-14-26-18-8-7-16(13-20(18)27-14)23(30)29-11-3-6-21(29)19-9-10-25-22(28-19)15-4-2-5-17(24)12-15/h2,4-5,7-10,12-13,21H,3,6,11H2,1H3,(H,26,27)/t21-/m0/s1. The van der Waals surface area contributed by atoms with E-state index in [1.807, 2.05) is 60.4 Å². The number of halogens is 1. The summed E-state index contributed by atoms with van der Waals surface area (Å²) in [6, 6.07) is 14.9. The minimum absolute atomic E-state index is 0.00886. The molecule has 0 radical (unpaired) electrons. The highest BCUT2D eigenvalue weighted by Gasteiger charge is 2.32. The number of aryl methyl sites for hydroxylation is 1. The van der Waals surface area contributed by atoms with E-state index in [1.54, 1.807) is 6.20 Å². The average molecular weight is 418 g/mol. The molecule has 150 valence electrons. The van der Waals surface area contributed by atoms with Gasteiger partial charge in [0.15, 0.2) is 5.82 Å². The van der Waals surface area contributed by atoms with E-state index in [0.29, 0.717) is 23.0 Å². The molecular weight excluding hydrogens is 398 g/mol. The molecule has 1 fully saturated rings. The van der Waals surface area contributed by atoms with E-state index in [2.05, 4.69) is 15.0 Å². The van der Waals surface area contributed by atoms with Crippen LogP contribution >= 0.6 is 11.6 Å². The highest BCUT2D eigenvalue weighted by molar-refractivity contribution is 6.30. The predicted molar refractivity (Wildman–Crippen MR) is 116 cm³/mol. The molecule has 0 aliphatic carbocycles. The minimum atomic E-state index is -0.0716. The number of carbonyl (C=O) groups is 1. The molecule has 2 aromatic heterocycles. The van der Waals surface area contributed by atoms with Crippen LogP contribution in [0.15, 0.2) is 54.7 Å². The second-order valence-electron chi connectivity index (χ2n) is 7.53. The number of carbonyl (C=O) groups excluding carboxylic acids is 1. The van der Waals surface area contributed by atoms with Gasteiger partial charge in [0.05, 0.1) is 22.8 Å². The molecule has 1 aliphatic rings. The van der Waals surface area contributed by atoms with Crippen LogP contribution in [0.5, 0.6) is 0 Å². The SMILES string of the molecule is Cc1nc2ccc(C(=O)N3CCC[C@H]3c3ccnc(-c4cccc(Cl)c4)n3)cc2[nH]1. The van der Waals surface area contributed by atoms with Crippen LogP contribution in [-0.4, -0.2) is 37.3 Å². The Hall–Kier alpha value is -3.25. The van der Waals surface area contributed by atoms with Crippen LogP contribution in [0.2, 0.25) is 5.02 Å². The van der Waals surface area contributed by atoms with Gasteiger partial charge in [0.1, 0.15) is 5.82 Å². The van der Waals surface area contributed by atoms with Crippen molar-refractivity contribution >= 4 is 28.5 Å². The first-order valence-corrected chi connectivity index (χ1v) is 10.3. The number of hydrogen-bond donors (Lipinski definition) is 1. The molecule has 30 heavy (non-hydrogen) atoms. The lowest BCUT2D eigenvalue weighted by Gasteiger charge is -2.24. The first kappa shape index (κ1) is 18.8. The number of likely N-dealkylation sites (tertiary alicyclic amines) is 1. The van der Waals surface area contributed by atoms with Gasteiger partial charge in [0.2, 0.25) is 0 Å². The quantitative estimate of drug-likeness (QED) is 0.511. The van der Waals surface area contributed by atoms with Crippen molar-refractivity contribution in [1.29, 1.82) is 0 Å². The fraction of sp³-hybridized carbons (Fsp3) is 0.217. The Kier molecular flexibility index (Phi) is 4.71. The van der Waals surface area contributed by atoms with E-state index in [9.17, 15) is 4.79 Å². The van der Waals surface area contributed by atoms with Gasteiger partial charge >= 0.3 is 0 Å². The number of hydrogen-bond acceptors (Lipinski definition) is 4. The Bertz CT molecular complexity index is 1250. The Morgan fingerprint density at radius 3 is 2.93 bits per heavy atom. The Balaban J connectivity index is 1.46. The lowest BCUT2D eigenvalue weighted by atomic mass is 10.1. The fourth-order valence-electron chi connectivity index (χ4n) is 4.08. The molecule has 5 rings (SSSR count). The normalized spacial score (nSPS) is 16.3. The largest absolute Gasteiger partial charge is 0.342 e. The molecule has 1 aliphatic heterocycles. The third kappa shape index (κ3) is 3.44. The van der Waals surface area contributed by atoms with Crippen molar-refractivity contribution in [3.63, 3.8) is 0 Å². The molecule has 2 aromatic carbocycles. The fourth-order valence-corrected chi connectivity index (χ4v) is 4.27. The Labute approximate surface area is 179 Å². The summed E-state index contributed by atoms with van der Waals surface area (Å²) in [6.07, 6.45) is 3.57. The van der Waals surface area contributed by atoms with E-state index < -0.39 is 0 Å². The lowest BCUT2D eigenvalue weighted by molar-refractivity contribution is 0.0733. The molecule has 0 spiro atoms. The first-order chi connectivity index (χ1) is 14.6. The minimum Gasteiger partial charge on any atom is -0.342 e. The van der Waals surface area contributed by atoms with E-state index in [0.717, 1.165) is 41.0 Å². The third-order valence-electron chi connectivity index (χ3n) is 5.46. The molecule has 1 atom stereocenters. The molecule has 0 unspecified atom stereocenters. The predicted octanol–water partition coefficient (Wildman–Crippen LogP) is 4.96. The van der Waals surface area contributed by atoms with Gasteiger partial charge in [-0.15, -0.1) is 0 Å². The van der Waals surface area contributed by atoms with Gasteiger partial charge in [-0.3, -0.25) is 4.79 Å². The summed E-state index contributed by atoms with van der Waals surface area (Å²) in [5.41, 5.74) is 4.11. The summed E-state index contributed by atoms with van der Waals surface area (Å²) in [6.45, 7) is 2.62. The zero-order valence-corrected chi connectivity index (χ0v) is 17.2. The Morgan fingerprint density at radius 1 is 1.17 bits per heavy atom. The van der Waals surface area contributed by atoms with Crippen LogP contribution in [0.25, 0.3) is 22.4 Å². The van der Waals surface area contributed by atoms with Crippen molar-refractivity contribution in [3.8, 4) is 11.4 Å². The molecule has 1 saturated heterocycles. The van der Waals surface area contributed by atoms with Gasteiger partial charge in [-0.05, 0) is 56.2 Å². The number of nitrogens with one attached hydrogen (secondary N) is 1. The first-order valence-electron chi connectivity index (χ1n) is 9.95. The van der Waals surface area contributed by atoms with Crippen molar-refractivity contribution < 1.29 is 4.79 Å². The molecule has 6 nitrogen and oxygen atoms in total. The second kappa shape index (κ2) is 7.54. The van der Waals surface area contributed by atoms with E-state index >= 15 is 0 Å². The van der Waals surface area contributed by atoms with Crippen LogP contribution < -0.4 is 0 Å². The lowest BCUT2D eigenvalue weighted by Crippen LogP contribution is -2.31. The Morgan fingerprint density at radius 2 is 2.07 bits per heavy atom. The van der Waals surface area contributed by atoms with Crippen LogP contribution in [0.4, 0.5) is 0 Å². The van der Waals surface area contributed by atoms with Crippen molar-refractivity contribution in [2.45, 2.75) is 25.8 Å². The molecule has 0 saturated carbocycles. The zero-order chi connectivity index (χ0) is 20.7. The number of fused-ring (bicyclic) bond motifs is 1. The number of benzene rings is 2. The topological polar surface area (TPSA) is 74.8 Å². The monoisotopic (exact) mass is 417 g/mol. The number of H-pyrrole nitrogens is 1. The van der Waals surface area contributed by atoms with Crippen molar-refractivity contribution in [2.75, 3.05) is 6.54 Å². The zero-order valence-electron chi connectivity index (χ0n) is 16.5. The van der Waals surface area contributed by atoms with E-state index in [-0.39, 0.29) is 11.9 Å². The third-order valence-corrected chi connectivity index (χ3v) is 5.70. The van der Waals surface area contributed by atoms with E-state index in [1.165, 1.54) is 0 Å². The summed E-state index contributed by atoms with van der Waals surface area (Å²) in [5.74, 6) is 1.46. The van der Waals surface area contributed by atoms with Gasteiger partial charge in [0.25, 0.3) is 5.91 Å². The average Bonchev–Trinajstić information content (AvgIpc) is 3.38. The summed E-state index contributed by atoms with van der Waals surface area (Å²) < 4.78 is 0. The van der Waals surface area contributed by atoms with Crippen LogP contribution in [-0.2, 0) is 0 Å². The summed E-state index contributed by atoms with van der Waals surface area (Å²) in [5, 5.41) is 0.642. The number of imidazole rings is 1. The second-order valence-corrected chi connectivity index (χ2v) is 7.96. The molecule has 3 heterocycles. The van der Waals surface area contributed by atoms with E-state index in [4.69, 9.17) is 16.6 Å². The number of aromatic amines is 1. The van der Waals surface area contributed by atoms with Gasteiger partial charge in [-0.25, -0.2) is 15.0 Å². The van der Waals surface area contributed by atoms with Gasteiger partial charge in [0, 0.05) is 28.9 Å². The van der Waals surface area contributed by atoms with Gasteiger partial charge in [-0.1, -0.05) is 23.7 Å². The highest BCUT2D eigenvalue weighted by Crippen LogP contribution is 2.33. The molecule has 1 amide bonds. The van der Waals surface area contributed by atoms with Crippen molar-refractivity contribution in [1.82, 2.24) is 24.8 Å². The van der Waals surface area contributed by atoms with Gasteiger partial charge in [-0.2, -0.15) is 0 Å². The number of nitrogens with zero attached hydrogens (tertiary/aromatic N) is 4. The molecule has 4 aromatic rings. The maximum absolute atomic E-state index is 13.3. The molecule has 1 N–H and O–H groups in total. The molecule has 7 heteroatoms. The number of amides is 1. The van der Waals surface area contributed by atoms with Gasteiger partial charge < -0.3 is 9.88 Å². The maximum Gasteiger partial charge on any atom is 0.254 e. The highest BCUT2D eigenvalue weighted by atomic mass is 35.5. The van der Waals surface area contributed by atoms with Crippen LogP contribution in [0.3, 0.4) is 0 Å².